The molecule has 0 fully saturated rings. The van der Waals surface area contributed by atoms with Gasteiger partial charge in [0.1, 0.15) is 11.5 Å². The molecule has 0 saturated heterocycles. The number of para-hydroxylation sites is 1. The lowest BCUT2D eigenvalue weighted by Gasteiger charge is -2.09. The second-order valence-electron chi connectivity index (χ2n) is 7.39. The van der Waals surface area contributed by atoms with Crippen molar-refractivity contribution < 1.29 is 9.53 Å². The molecule has 3 rings (SSSR count). The van der Waals surface area contributed by atoms with E-state index in [9.17, 15) is 4.79 Å². The van der Waals surface area contributed by atoms with Crippen LogP contribution in [0.4, 0.5) is 5.69 Å². The molecule has 0 saturated carbocycles. The minimum atomic E-state index is -0.0491. The second kappa shape index (κ2) is 8.74. The minimum Gasteiger partial charge on any atom is -0.457 e. The van der Waals surface area contributed by atoms with Crippen molar-refractivity contribution in [3.8, 4) is 11.5 Å². The quantitative estimate of drug-likeness (QED) is 0.621. The number of ether oxygens (including phenoxy) is 1. The van der Waals surface area contributed by atoms with Gasteiger partial charge in [-0.05, 0) is 56.2 Å². The van der Waals surface area contributed by atoms with Crippen LogP contribution in [0, 0.1) is 19.8 Å². The summed E-state index contributed by atoms with van der Waals surface area (Å²) in [7, 11) is 0. The number of anilines is 1. The van der Waals surface area contributed by atoms with Crippen LogP contribution < -0.4 is 10.1 Å². The molecule has 0 unspecified atom stereocenters. The molecule has 0 spiro atoms. The van der Waals surface area contributed by atoms with Gasteiger partial charge in [0.15, 0.2) is 0 Å². The van der Waals surface area contributed by atoms with Gasteiger partial charge in [-0.1, -0.05) is 32.0 Å². The number of nitrogens with zero attached hydrogens (tertiary/aromatic N) is 2. The molecule has 0 aliphatic heterocycles. The van der Waals surface area contributed by atoms with Gasteiger partial charge in [0.05, 0.1) is 12.1 Å². The van der Waals surface area contributed by atoms with Crippen molar-refractivity contribution in [2.75, 3.05) is 5.32 Å². The average molecular weight is 377 g/mol. The van der Waals surface area contributed by atoms with Crippen LogP contribution >= 0.6 is 0 Å². The second-order valence-corrected chi connectivity index (χ2v) is 7.39. The number of aromatic nitrogens is 2. The Balaban J connectivity index is 1.61. The molecule has 1 N–H and O–H groups in total. The van der Waals surface area contributed by atoms with Crippen LogP contribution in [-0.4, -0.2) is 15.7 Å². The highest BCUT2D eigenvalue weighted by molar-refractivity contribution is 5.92. The van der Waals surface area contributed by atoms with Crippen molar-refractivity contribution in [1.29, 1.82) is 0 Å². The van der Waals surface area contributed by atoms with E-state index >= 15 is 0 Å². The zero-order valence-corrected chi connectivity index (χ0v) is 16.9. The number of carbonyl (C=O) groups is 1. The smallest absolute Gasteiger partial charge is 0.228 e. The molecule has 5 nitrogen and oxygen atoms in total. The highest BCUT2D eigenvalue weighted by Crippen LogP contribution is 2.23. The number of amides is 1. The Hall–Kier alpha value is -3.08. The van der Waals surface area contributed by atoms with Gasteiger partial charge >= 0.3 is 0 Å². The van der Waals surface area contributed by atoms with Crippen LogP contribution in [0.25, 0.3) is 0 Å². The summed E-state index contributed by atoms with van der Waals surface area (Å²) in [5.74, 6) is 1.97. The lowest BCUT2D eigenvalue weighted by atomic mass is 10.1. The number of rotatable bonds is 7. The molecular weight excluding hydrogens is 350 g/mol. The third-order valence-electron chi connectivity index (χ3n) is 4.52. The van der Waals surface area contributed by atoms with Crippen LogP contribution in [0.3, 0.4) is 0 Å². The van der Waals surface area contributed by atoms with Crippen LogP contribution in [0.1, 0.15) is 30.8 Å². The molecule has 2 aromatic carbocycles. The Morgan fingerprint density at radius 3 is 2.32 bits per heavy atom. The standard InChI is InChI=1S/C23H27N3O2/c1-16(2)15-26-18(4)22(17(3)25-26)14-23(27)24-19-10-12-21(13-11-19)28-20-8-6-5-7-9-20/h5-13,16H,14-15H2,1-4H3,(H,24,27). The SMILES string of the molecule is Cc1nn(CC(C)C)c(C)c1CC(=O)Nc1ccc(Oc2ccccc2)cc1. The Morgan fingerprint density at radius 2 is 1.68 bits per heavy atom. The average Bonchev–Trinajstić information content (AvgIpc) is 2.91. The molecule has 28 heavy (non-hydrogen) atoms. The molecular formula is C23H27N3O2. The third-order valence-corrected chi connectivity index (χ3v) is 4.52. The molecule has 0 aliphatic carbocycles. The van der Waals surface area contributed by atoms with E-state index < -0.39 is 0 Å². The Kier molecular flexibility index (Phi) is 6.14. The predicted molar refractivity (Wildman–Crippen MR) is 112 cm³/mol. The Morgan fingerprint density at radius 1 is 1.04 bits per heavy atom. The molecule has 1 aromatic heterocycles. The zero-order valence-electron chi connectivity index (χ0n) is 16.9. The van der Waals surface area contributed by atoms with Gasteiger partial charge in [-0.3, -0.25) is 9.48 Å². The molecule has 0 radical (unpaired) electrons. The van der Waals surface area contributed by atoms with E-state index in [-0.39, 0.29) is 5.91 Å². The lowest BCUT2D eigenvalue weighted by Crippen LogP contribution is -2.15. The molecule has 0 aliphatic rings. The summed E-state index contributed by atoms with van der Waals surface area (Å²) in [5, 5.41) is 7.54. The summed E-state index contributed by atoms with van der Waals surface area (Å²) in [4.78, 5) is 12.5. The summed E-state index contributed by atoms with van der Waals surface area (Å²) in [6.45, 7) is 9.17. The topological polar surface area (TPSA) is 56.2 Å². The number of aryl methyl sites for hydroxylation is 1. The van der Waals surface area contributed by atoms with Gasteiger partial charge < -0.3 is 10.1 Å². The summed E-state index contributed by atoms with van der Waals surface area (Å²) in [5.41, 5.74) is 3.73. The first-order valence-electron chi connectivity index (χ1n) is 9.58. The van der Waals surface area contributed by atoms with E-state index in [4.69, 9.17) is 4.74 Å². The molecule has 0 atom stereocenters. The van der Waals surface area contributed by atoms with E-state index in [1.54, 1.807) is 0 Å². The normalized spacial score (nSPS) is 10.9. The number of hydrogen-bond acceptors (Lipinski definition) is 3. The summed E-state index contributed by atoms with van der Waals surface area (Å²) < 4.78 is 7.77. The molecule has 0 bridgehead atoms. The number of carbonyl (C=O) groups excluding carboxylic acids is 1. The molecule has 146 valence electrons. The van der Waals surface area contributed by atoms with Gasteiger partial charge in [0.25, 0.3) is 0 Å². The largest absolute Gasteiger partial charge is 0.457 e. The van der Waals surface area contributed by atoms with Crippen molar-refractivity contribution >= 4 is 11.6 Å². The first-order chi connectivity index (χ1) is 13.4. The fourth-order valence-corrected chi connectivity index (χ4v) is 3.11. The maximum atomic E-state index is 12.5. The Labute approximate surface area is 166 Å². The first kappa shape index (κ1) is 19.7. The van der Waals surface area contributed by atoms with E-state index in [1.807, 2.05) is 73.1 Å². The van der Waals surface area contributed by atoms with Gasteiger partial charge in [-0.2, -0.15) is 5.10 Å². The highest BCUT2D eigenvalue weighted by Gasteiger charge is 2.15. The van der Waals surface area contributed by atoms with Gasteiger partial charge in [0.2, 0.25) is 5.91 Å². The van der Waals surface area contributed by atoms with Crippen molar-refractivity contribution in [2.24, 2.45) is 5.92 Å². The fourth-order valence-electron chi connectivity index (χ4n) is 3.11. The van der Waals surface area contributed by atoms with Gasteiger partial charge in [-0.15, -0.1) is 0 Å². The third kappa shape index (κ3) is 5.00. The zero-order chi connectivity index (χ0) is 20.1. The van der Waals surface area contributed by atoms with Crippen LogP contribution in [-0.2, 0) is 17.8 Å². The number of benzene rings is 2. The van der Waals surface area contributed by atoms with E-state index in [2.05, 4.69) is 24.3 Å². The van der Waals surface area contributed by atoms with Crippen molar-refractivity contribution in [1.82, 2.24) is 9.78 Å². The highest BCUT2D eigenvalue weighted by atomic mass is 16.5. The monoisotopic (exact) mass is 377 g/mol. The van der Waals surface area contributed by atoms with Crippen molar-refractivity contribution in [2.45, 2.75) is 40.7 Å². The van der Waals surface area contributed by atoms with E-state index in [1.165, 1.54) is 0 Å². The van der Waals surface area contributed by atoms with Crippen LogP contribution in [0.5, 0.6) is 11.5 Å². The minimum absolute atomic E-state index is 0.0491. The first-order valence-corrected chi connectivity index (χ1v) is 9.58. The van der Waals surface area contributed by atoms with Crippen molar-refractivity contribution in [3.63, 3.8) is 0 Å². The van der Waals surface area contributed by atoms with E-state index in [0.717, 1.165) is 40.7 Å². The maximum absolute atomic E-state index is 12.5. The molecule has 3 aromatic rings. The van der Waals surface area contributed by atoms with Crippen LogP contribution in [0.2, 0.25) is 0 Å². The van der Waals surface area contributed by atoms with Gasteiger partial charge in [0, 0.05) is 23.5 Å². The summed E-state index contributed by atoms with van der Waals surface area (Å²) in [6, 6.07) is 17.0. The number of hydrogen-bond donors (Lipinski definition) is 1. The maximum Gasteiger partial charge on any atom is 0.228 e. The van der Waals surface area contributed by atoms with Crippen molar-refractivity contribution in [3.05, 3.63) is 71.5 Å². The molecule has 1 amide bonds. The summed E-state index contributed by atoms with van der Waals surface area (Å²) in [6.07, 6.45) is 0.317. The molecule has 1 heterocycles. The predicted octanol–water partition coefficient (Wildman–Crippen LogP) is 5.13. The lowest BCUT2D eigenvalue weighted by molar-refractivity contribution is -0.115. The summed E-state index contributed by atoms with van der Waals surface area (Å²) >= 11 is 0. The molecule has 5 heteroatoms. The van der Waals surface area contributed by atoms with Crippen LogP contribution in [0.15, 0.2) is 54.6 Å². The van der Waals surface area contributed by atoms with Gasteiger partial charge in [-0.25, -0.2) is 0 Å². The number of nitrogens with one attached hydrogen (secondary N) is 1. The Bertz CT molecular complexity index is 928. The fraction of sp³-hybridized carbons (Fsp3) is 0.304. The van der Waals surface area contributed by atoms with E-state index in [0.29, 0.717) is 12.3 Å².